The highest BCUT2D eigenvalue weighted by Crippen LogP contribution is 2.43. The van der Waals surface area contributed by atoms with Crippen molar-refractivity contribution in [2.45, 2.75) is 18.6 Å². The van der Waals surface area contributed by atoms with Gasteiger partial charge in [-0.3, -0.25) is 4.99 Å². The largest absolute Gasteiger partial charge is 0.506 e. The summed E-state index contributed by atoms with van der Waals surface area (Å²) in [7, 11) is 3.12. The summed E-state index contributed by atoms with van der Waals surface area (Å²) in [6, 6.07) is 17.4. The average Bonchev–Trinajstić information content (AvgIpc) is 2.79. The van der Waals surface area contributed by atoms with Crippen LogP contribution in [0.25, 0.3) is 0 Å². The Morgan fingerprint density at radius 2 is 1.45 bits per heavy atom. The fourth-order valence-electron chi connectivity index (χ4n) is 3.50. The third kappa shape index (κ3) is 4.63. The number of hydrogen-bond acceptors (Lipinski definition) is 5. The molecule has 5 nitrogen and oxygen atoms in total. The fourth-order valence-corrected chi connectivity index (χ4v) is 4.76. The van der Waals surface area contributed by atoms with Crippen LogP contribution in [0.5, 0.6) is 17.2 Å². The normalized spacial score (nSPS) is 12.7. The van der Waals surface area contributed by atoms with E-state index in [1.54, 1.807) is 51.6 Å². The maximum Gasteiger partial charge on any atom is 0.144 e. The topological polar surface area (TPSA) is 71.3 Å². The van der Waals surface area contributed by atoms with Crippen LogP contribution in [0.2, 0.25) is 0 Å². The van der Waals surface area contributed by atoms with E-state index < -0.39 is 11.6 Å². The van der Waals surface area contributed by atoms with Crippen LogP contribution in [-0.2, 0) is 5.60 Å². The van der Waals surface area contributed by atoms with Crippen molar-refractivity contribution in [2.75, 3.05) is 14.2 Å². The van der Waals surface area contributed by atoms with Gasteiger partial charge in [0.05, 0.1) is 24.7 Å². The highest BCUT2D eigenvalue weighted by atomic mass is 79.9. The number of aliphatic hydroxyl groups is 1. The van der Waals surface area contributed by atoms with E-state index in [4.69, 9.17) is 9.47 Å². The van der Waals surface area contributed by atoms with Gasteiger partial charge in [-0.2, -0.15) is 0 Å². The number of methoxy groups -OCH3 is 2. The Morgan fingerprint density at radius 3 is 1.97 bits per heavy atom. The second kappa shape index (κ2) is 9.85. The summed E-state index contributed by atoms with van der Waals surface area (Å²) in [6.07, 6.45) is 1.55. The van der Waals surface area contributed by atoms with Crippen LogP contribution in [0.1, 0.15) is 23.6 Å². The van der Waals surface area contributed by atoms with Crippen molar-refractivity contribution in [3.05, 3.63) is 86.3 Å². The van der Waals surface area contributed by atoms with Gasteiger partial charge in [-0.1, -0.05) is 52.3 Å². The minimum atomic E-state index is -1.56. The molecule has 3 aromatic rings. The molecule has 1 atom stereocenters. The zero-order valence-electron chi connectivity index (χ0n) is 17.3. The van der Waals surface area contributed by atoms with Crippen molar-refractivity contribution >= 4 is 38.1 Å². The number of aliphatic imine (C=N–C) groups is 1. The van der Waals surface area contributed by atoms with Gasteiger partial charge in [0.1, 0.15) is 22.8 Å². The average molecular weight is 549 g/mol. The Labute approximate surface area is 198 Å². The maximum atomic E-state index is 12.1. The summed E-state index contributed by atoms with van der Waals surface area (Å²) in [5, 5.41) is 22.5. The minimum absolute atomic E-state index is 0.0669. The molecule has 2 N–H and O–H groups in total. The number of para-hydroxylation sites is 2. The smallest absolute Gasteiger partial charge is 0.144 e. The molecule has 0 aliphatic carbocycles. The van der Waals surface area contributed by atoms with Crippen LogP contribution < -0.4 is 9.47 Å². The number of rotatable bonds is 7. The molecule has 162 valence electrons. The first kappa shape index (κ1) is 23.3. The summed E-state index contributed by atoms with van der Waals surface area (Å²) >= 11 is 6.75. The SMILES string of the molecule is COc1ccccc1C(O)(c1ccccc1OC)C(C)N=Cc1cc(Br)cc(Br)c1O. The van der Waals surface area contributed by atoms with E-state index in [-0.39, 0.29) is 5.75 Å². The molecule has 0 aliphatic rings. The summed E-state index contributed by atoms with van der Waals surface area (Å²) in [4.78, 5) is 4.63. The van der Waals surface area contributed by atoms with Gasteiger partial charge in [-0.05, 0) is 47.1 Å². The summed E-state index contributed by atoms with van der Waals surface area (Å²) in [6.45, 7) is 1.81. The lowest BCUT2D eigenvalue weighted by molar-refractivity contribution is 0.0538. The summed E-state index contributed by atoms with van der Waals surface area (Å²) in [5.41, 5.74) is 0.0716. The van der Waals surface area contributed by atoms with E-state index in [0.29, 0.717) is 32.7 Å². The molecule has 0 saturated carbocycles. The number of phenols is 1. The van der Waals surface area contributed by atoms with Gasteiger partial charge >= 0.3 is 0 Å². The first-order valence-electron chi connectivity index (χ1n) is 9.53. The molecule has 0 amide bonds. The van der Waals surface area contributed by atoms with Gasteiger partial charge in [0.25, 0.3) is 0 Å². The molecule has 3 aromatic carbocycles. The van der Waals surface area contributed by atoms with E-state index in [9.17, 15) is 10.2 Å². The van der Waals surface area contributed by atoms with Gasteiger partial charge in [0.2, 0.25) is 0 Å². The van der Waals surface area contributed by atoms with Crippen molar-refractivity contribution < 1.29 is 19.7 Å². The molecular formula is C24H23Br2NO4. The highest BCUT2D eigenvalue weighted by molar-refractivity contribution is 9.11. The Balaban J connectivity index is 2.17. The number of halogens is 2. The van der Waals surface area contributed by atoms with Crippen molar-refractivity contribution in [2.24, 2.45) is 4.99 Å². The lowest BCUT2D eigenvalue weighted by Crippen LogP contribution is -2.38. The number of benzene rings is 3. The lowest BCUT2D eigenvalue weighted by atomic mass is 9.80. The molecular weight excluding hydrogens is 526 g/mol. The van der Waals surface area contributed by atoms with E-state index >= 15 is 0 Å². The standard InChI is InChI=1S/C24H23Br2NO4/c1-15(27-14-16-12-17(25)13-20(26)23(16)28)24(29,18-8-4-6-10-21(18)30-2)19-9-5-7-11-22(19)31-3/h4-15,28-29H,1-3H3. The predicted octanol–water partition coefficient (Wildman–Crippen LogP) is 5.68. The maximum absolute atomic E-state index is 12.1. The second-order valence-corrected chi connectivity index (χ2v) is 8.72. The Hall–Kier alpha value is -2.35. The predicted molar refractivity (Wildman–Crippen MR) is 130 cm³/mol. The second-order valence-electron chi connectivity index (χ2n) is 6.95. The van der Waals surface area contributed by atoms with E-state index in [2.05, 4.69) is 36.9 Å². The number of phenolic OH excluding ortho intramolecular Hbond substituents is 1. The molecule has 0 radical (unpaired) electrons. The Bertz CT molecular complexity index is 1050. The molecule has 0 saturated heterocycles. The third-order valence-electron chi connectivity index (χ3n) is 5.13. The summed E-state index contributed by atoms with van der Waals surface area (Å²) in [5.74, 6) is 1.13. The van der Waals surface area contributed by atoms with E-state index in [1.165, 1.54) is 0 Å². The molecule has 31 heavy (non-hydrogen) atoms. The highest BCUT2D eigenvalue weighted by Gasteiger charge is 2.42. The number of ether oxygens (including phenoxy) is 2. The first-order valence-corrected chi connectivity index (χ1v) is 11.1. The van der Waals surface area contributed by atoms with Crippen molar-refractivity contribution in [3.63, 3.8) is 0 Å². The fraction of sp³-hybridized carbons (Fsp3) is 0.208. The molecule has 0 aliphatic heterocycles. The number of aromatic hydroxyl groups is 1. The third-order valence-corrected chi connectivity index (χ3v) is 6.20. The molecule has 0 spiro atoms. The molecule has 0 aromatic heterocycles. The molecule has 1 unspecified atom stereocenters. The van der Waals surface area contributed by atoms with Gasteiger partial charge in [-0.15, -0.1) is 0 Å². The summed E-state index contributed by atoms with van der Waals surface area (Å²) < 4.78 is 12.4. The molecule has 0 heterocycles. The monoisotopic (exact) mass is 547 g/mol. The van der Waals surface area contributed by atoms with E-state index in [1.807, 2.05) is 36.4 Å². The van der Waals surface area contributed by atoms with Crippen LogP contribution in [0.15, 0.2) is 74.6 Å². The van der Waals surface area contributed by atoms with Crippen LogP contribution in [0.4, 0.5) is 0 Å². The molecule has 3 rings (SSSR count). The van der Waals surface area contributed by atoms with Crippen molar-refractivity contribution in [1.29, 1.82) is 0 Å². The Morgan fingerprint density at radius 1 is 0.935 bits per heavy atom. The number of nitrogens with zero attached hydrogens (tertiary/aromatic N) is 1. The first-order chi connectivity index (χ1) is 14.8. The van der Waals surface area contributed by atoms with Crippen LogP contribution >= 0.6 is 31.9 Å². The zero-order chi connectivity index (χ0) is 22.6. The van der Waals surface area contributed by atoms with Gasteiger partial charge in [0, 0.05) is 27.4 Å². The molecule has 0 bridgehead atoms. The van der Waals surface area contributed by atoms with Crippen molar-refractivity contribution in [3.8, 4) is 17.2 Å². The van der Waals surface area contributed by atoms with Crippen LogP contribution in [-0.4, -0.2) is 36.7 Å². The quantitative estimate of drug-likeness (QED) is 0.373. The van der Waals surface area contributed by atoms with Crippen LogP contribution in [0, 0.1) is 0 Å². The van der Waals surface area contributed by atoms with Gasteiger partial charge < -0.3 is 19.7 Å². The molecule has 0 fully saturated rings. The lowest BCUT2D eigenvalue weighted by Gasteiger charge is -2.35. The van der Waals surface area contributed by atoms with Crippen LogP contribution in [0.3, 0.4) is 0 Å². The van der Waals surface area contributed by atoms with Crippen molar-refractivity contribution in [1.82, 2.24) is 0 Å². The minimum Gasteiger partial charge on any atom is -0.506 e. The van der Waals surface area contributed by atoms with Gasteiger partial charge in [-0.25, -0.2) is 0 Å². The molecule has 7 heteroatoms. The zero-order valence-corrected chi connectivity index (χ0v) is 20.5. The van der Waals surface area contributed by atoms with Gasteiger partial charge in [0.15, 0.2) is 0 Å². The Kier molecular flexibility index (Phi) is 7.41. The van der Waals surface area contributed by atoms with E-state index in [0.717, 1.165) is 4.47 Å². The number of hydrogen-bond donors (Lipinski definition) is 2.